The smallest absolute Gasteiger partial charge is 0.0750 e. The molecule has 0 radical (unpaired) electrons. The van der Waals surface area contributed by atoms with Gasteiger partial charge in [-0.3, -0.25) is 4.98 Å². The molecule has 0 saturated heterocycles. The minimum absolute atomic E-state index is 0.283. The first-order valence-electron chi connectivity index (χ1n) is 7.22. The van der Waals surface area contributed by atoms with E-state index in [0.29, 0.717) is 6.04 Å². The molecule has 0 fully saturated rings. The van der Waals surface area contributed by atoms with Gasteiger partial charge in [0, 0.05) is 28.1 Å². The molecule has 1 aromatic carbocycles. The Bertz CT molecular complexity index is 555. The number of thioether (sulfide) groups is 1. The number of pyridine rings is 1. The van der Waals surface area contributed by atoms with Crippen LogP contribution in [0, 0.1) is 0 Å². The second-order valence-electron chi connectivity index (χ2n) is 5.96. The van der Waals surface area contributed by atoms with Crippen LogP contribution in [0.2, 0.25) is 0 Å². The standard InChI is InChI=1S/C17H24N2S/c1-5-18-15(12-20-17(2,3)4)14-10-6-8-13-9-7-11-19-16(13)14/h6-11,15,18H,5,12H2,1-4H3. The molecule has 2 nitrogen and oxygen atoms in total. The van der Waals surface area contributed by atoms with E-state index in [0.717, 1.165) is 17.8 Å². The number of benzene rings is 1. The molecule has 3 heteroatoms. The van der Waals surface area contributed by atoms with Gasteiger partial charge in [0.05, 0.1) is 5.52 Å². The van der Waals surface area contributed by atoms with Crippen LogP contribution in [-0.4, -0.2) is 22.0 Å². The summed E-state index contributed by atoms with van der Waals surface area (Å²) in [6, 6.07) is 10.9. The maximum atomic E-state index is 4.58. The number of rotatable bonds is 5. The Morgan fingerprint density at radius 3 is 2.65 bits per heavy atom. The van der Waals surface area contributed by atoms with Crippen molar-refractivity contribution in [1.82, 2.24) is 10.3 Å². The lowest BCUT2D eigenvalue weighted by atomic mass is 10.0. The van der Waals surface area contributed by atoms with Crippen molar-refractivity contribution < 1.29 is 0 Å². The Balaban J connectivity index is 2.31. The molecular formula is C17H24N2S. The van der Waals surface area contributed by atoms with Crippen LogP contribution in [0.4, 0.5) is 0 Å². The van der Waals surface area contributed by atoms with Crippen LogP contribution in [0.25, 0.3) is 10.9 Å². The number of hydrogen-bond acceptors (Lipinski definition) is 3. The van der Waals surface area contributed by atoms with Gasteiger partial charge in [-0.15, -0.1) is 0 Å². The number of nitrogens with one attached hydrogen (secondary N) is 1. The van der Waals surface area contributed by atoms with Crippen molar-refractivity contribution in [1.29, 1.82) is 0 Å². The van der Waals surface area contributed by atoms with Crippen molar-refractivity contribution in [2.45, 2.75) is 38.5 Å². The second kappa shape index (κ2) is 6.59. The molecule has 1 heterocycles. The van der Waals surface area contributed by atoms with Gasteiger partial charge in [-0.2, -0.15) is 11.8 Å². The largest absolute Gasteiger partial charge is 0.309 e. The van der Waals surface area contributed by atoms with Crippen LogP contribution in [0.3, 0.4) is 0 Å². The molecule has 0 aliphatic carbocycles. The third-order valence-corrected chi connectivity index (χ3v) is 4.54. The molecule has 2 aromatic rings. The Kier molecular flexibility index (Phi) is 5.06. The minimum atomic E-state index is 0.283. The Morgan fingerprint density at radius 2 is 1.95 bits per heavy atom. The van der Waals surface area contributed by atoms with Crippen molar-refractivity contribution in [3.63, 3.8) is 0 Å². The summed E-state index contributed by atoms with van der Waals surface area (Å²) in [5.74, 6) is 1.06. The first kappa shape index (κ1) is 15.3. The van der Waals surface area contributed by atoms with E-state index in [1.807, 2.05) is 24.0 Å². The zero-order valence-electron chi connectivity index (χ0n) is 12.8. The van der Waals surface area contributed by atoms with Gasteiger partial charge in [0.15, 0.2) is 0 Å². The highest BCUT2D eigenvalue weighted by Gasteiger charge is 2.18. The van der Waals surface area contributed by atoms with Gasteiger partial charge in [-0.1, -0.05) is 52.0 Å². The maximum absolute atomic E-state index is 4.58. The lowest BCUT2D eigenvalue weighted by Gasteiger charge is -2.24. The van der Waals surface area contributed by atoms with E-state index in [9.17, 15) is 0 Å². The van der Waals surface area contributed by atoms with Gasteiger partial charge in [0.25, 0.3) is 0 Å². The fourth-order valence-electron chi connectivity index (χ4n) is 2.25. The molecule has 2 rings (SSSR count). The van der Waals surface area contributed by atoms with Gasteiger partial charge >= 0.3 is 0 Å². The third kappa shape index (κ3) is 3.97. The number of para-hydroxylation sites is 1. The quantitative estimate of drug-likeness (QED) is 0.881. The van der Waals surface area contributed by atoms with E-state index < -0.39 is 0 Å². The molecule has 108 valence electrons. The maximum Gasteiger partial charge on any atom is 0.0750 e. The molecule has 0 amide bonds. The summed E-state index contributed by atoms with van der Waals surface area (Å²) in [7, 11) is 0. The highest BCUT2D eigenvalue weighted by atomic mass is 32.2. The van der Waals surface area contributed by atoms with E-state index in [1.165, 1.54) is 10.9 Å². The monoisotopic (exact) mass is 288 g/mol. The average molecular weight is 288 g/mol. The average Bonchev–Trinajstić information content (AvgIpc) is 2.42. The van der Waals surface area contributed by atoms with Crippen molar-refractivity contribution in [3.8, 4) is 0 Å². The predicted molar refractivity (Wildman–Crippen MR) is 90.4 cm³/mol. The molecule has 1 N–H and O–H groups in total. The fraction of sp³-hybridized carbons (Fsp3) is 0.471. The molecule has 0 bridgehead atoms. The Morgan fingerprint density at radius 1 is 1.20 bits per heavy atom. The highest BCUT2D eigenvalue weighted by Crippen LogP contribution is 2.30. The molecule has 0 aliphatic heterocycles. The van der Waals surface area contributed by atoms with Gasteiger partial charge in [-0.05, 0) is 18.2 Å². The summed E-state index contributed by atoms with van der Waals surface area (Å²) in [5.41, 5.74) is 2.43. The second-order valence-corrected chi connectivity index (χ2v) is 7.80. The van der Waals surface area contributed by atoms with Gasteiger partial charge in [0.1, 0.15) is 0 Å². The Hall–Kier alpha value is -1.06. The summed E-state index contributed by atoms with van der Waals surface area (Å²) in [6.07, 6.45) is 1.88. The van der Waals surface area contributed by atoms with Crippen LogP contribution in [-0.2, 0) is 0 Å². The summed E-state index contributed by atoms with van der Waals surface area (Å²) >= 11 is 1.99. The van der Waals surface area contributed by atoms with Gasteiger partial charge in [0.2, 0.25) is 0 Å². The van der Waals surface area contributed by atoms with Crippen LogP contribution < -0.4 is 5.32 Å². The topological polar surface area (TPSA) is 24.9 Å². The van der Waals surface area contributed by atoms with Crippen LogP contribution in [0.15, 0.2) is 36.5 Å². The highest BCUT2D eigenvalue weighted by molar-refractivity contribution is 8.00. The molecule has 1 unspecified atom stereocenters. The normalized spacial score (nSPS) is 13.6. The molecular weight excluding hydrogens is 264 g/mol. The lowest BCUT2D eigenvalue weighted by Crippen LogP contribution is -2.25. The van der Waals surface area contributed by atoms with E-state index in [-0.39, 0.29) is 4.75 Å². The fourth-order valence-corrected chi connectivity index (χ4v) is 3.21. The van der Waals surface area contributed by atoms with Crippen molar-refractivity contribution in [3.05, 3.63) is 42.1 Å². The minimum Gasteiger partial charge on any atom is -0.309 e. The molecule has 0 aliphatic rings. The molecule has 0 saturated carbocycles. The van der Waals surface area contributed by atoms with E-state index >= 15 is 0 Å². The number of aromatic nitrogens is 1. The van der Waals surface area contributed by atoms with Gasteiger partial charge in [-0.25, -0.2) is 0 Å². The number of nitrogens with zero attached hydrogens (tertiary/aromatic N) is 1. The summed E-state index contributed by atoms with van der Waals surface area (Å²) in [5, 5.41) is 4.82. The molecule has 1 atom stereocenters. The first-order valence-corrected chi connectivity index (χ1v) is 8.21. The molecule has 20 heavy (non-hydrogen) atoms. The van der Waals surface area contributed by atoms with Crippen LogP contribution >= 0.6 is 11.8 Å². The Labute approximate surface area is 126 Å². The number of hydrogen-bond donors (Lipinski definition) is 1. The van der Waals surface area contributed by atoms with Crippen molar-refractivity contribution >= 4 is 22.7 Å². The first-order chi connectivity index (χ1) is 9.51. The van der Waals surface area contributed by atoms with Crippen LogP contribution in [0.5, 0.6) is 0 Å². The van der Waals surface area contributed by atoms with E-state index in [4.69, 9.17) is 0 Å². The zero-order valence-corrected chi connectivity index (χ0v) is 13.6. The third-order valence-electron chi connectivity index (χ3n) is 3.17. The number of fused-ring (bicyclic) bond motifs is 1. The predicted octanol–water partition coefficient (Wildman–Crippen LogP) is 4.42. The van der Waals surface area contributed by atoms with E-state index in [1.54, 1.807) is 0 Å². The van der Waals surface area contributed by atoms with Crippen molar-refractivity contribution in [2.75, 3.05) is 12.3 Å². The SMILES string of the molecule is CCNC(CSC(C)(C)C)c1cccc2cccnc12. The summed E-state index contributed by atoms with van der Waals surface area (Å²) in [4.78, 5) is 4.58. The lowest BCUT2D eigenvalue weighted by molar-refractivity contribution is 0.606. The van der Waals surface area contributed by atoms with Gasteiger partial charge < -0.3 is 5.32 Å². The summed E-state index contributed by atoms with van der Waals surface area (Å²) < 4.78 is 0.283. The molecule has 1 aromatic heterocycles. The van der Waals surface area contributed by atoms with E-state index in [2.05, 4.69) is 62.3 Å². The van der Waals surface area contributed by atoms with Crippen molar-refractivity contribution in [2.24, 2.45) is 0 Å². The molecule has 0 spiro atoms. The van der Waals surface area contributed by atoms with Crippen LogP contribution in [0.1, 0.15) is 39.3 Å². The summed E-state index contributed by atoms with van der Waals surface area (Å²) in [6.45, 7) is 9.93. The zero-order chi connectivity index (χ0) is 14.6.